The van der Waals surface area contributed by atoms with Crippen molar-refractivity contribution in [1.29, 1.82) is 0 Å². The van der Waals surface area contributed by atoms with Gasteiger partial charge in [-0.05, 0) is 42.9 Å². The average Bonchev–Trinajstić information content (AvgIpc) is 3.13. The van der Waals surface area contributed by atoms with E-state index in [0.29, 0.717) is 11.5 Å². The van der Waals surface area contributed by atoms with Gasteiger partial charge in [0.1, 0.15) is 12.2 Å². The summed E-state index contributed by atoms with van der Waals surface area (Å²) in [5, 5.41) is 0. The number of hydrogen-bond donors (Lipinski definition) is 0. The van der Waals surface area contributed by atoms with Crippen LogP contribution in [0, 0.1) is 17.8 Å². The third kappa shape index (κ3) is 2.27. The summed E-state index contributed by atoms with van der Waals surface area (Å²) in [7, 11) is 0. The lowest BCUT2D eigenvalue weighted by molar-refractivity contribution is -0.143. The standard InChI is InChI=1S/C19H22O4/c1-3-10(2)11-4-6-12(7-5-11)18(20)23-17-13-8-14-16(17)15(9-13)22-19(14)21/h4-7,10,13-17H,3,8-9H2,1-2H3. The smallest absolute Gasteiger partial charge is 0.338 e. The molecule has 0 aromatic heterocycles. The summed E-state index contributed by atoms with van der Waals surface area (Å²) >= 11 is 0. The first-order chi connectivity index (χ1) is 11.1. The molecule has 2 bridgehead atoms. The Hall–Kier alpha value is -1.84. The Morgan fingerprint density at radius 2 is 2.04 bits per heavy atom. The van der Waals surface area contributed by atoms with Crippen LogP contribution in [0.5, 0.6) is 0 Å². The highest BCUT2D eigenvalue weighted by atomic mass is 16.6. The first-order valence-corrected chi connectivity index (χ1v) is 8.60. The maximum absolute atomic E-state index is 12.4. The lowest BCUT2D eigenvalue weighted by Gasteiger charge is -2.17. The summed E-state index contributed by atoms with van der Waals surface area (Å²) in [6.45, 7) is 4.33. The summed E-state index contributed by atoms with van der Waals surface area (Å²) in [5.41, 5.74) is 1.82. The van der Waals surface area contributed by atoms with Crippen LogP contribution < -0.4 is 0 Å². The number of carbonyl (C=O) groups excluding carboxylic acids is 2. The van der Waals surface area contributed by atoms with Gasteiger partial charge in [0.25, 0.3) is 0 Å². The predicted molar refractivity (Wildman–Crippen MR) is 83.9 cm³/mol. The fraction of sp³-hybridized carbons (Fsp3) is 0.579. The third-order valence-electron chi connectivity index (χ3n) is 5.97. The number of fused-ring (bicyclic) bond motifs is 1. The SMILES string of the molecule is CCC(C)c1ccc(C(=O)OC2C3CC4OC(=O)C(C3)C42)cc1. The van der Waals surface area contributed by atoms with Crippen molar-refractivity contribution in [3.8, 4) is 0 Å². The fourth-order valence-corrected chi connectivity index (χ4v) is 4.48. The van der Waals surface area contributed by atoms with Crippen LogP contribution in [-0.4, -0.2) is 24.1 Å². The van der Waals surface area contributed by atoms with Gasteiger partial charge < -0.3 is 9.47 Å². The van der Waals surface area contributed by atoms with E-state index in [2.05, 4.69) is 13.8 Å². The molecule has 1 saturated heterocycles. The van der Waals surface area contributed by atoms with Gasteiger partial charge in [-0.3, -0.25) is 4.79 Å². The van der Waals surface area contributed by atoms with Crippen molar-refractivity contribution >= 4 is 11.9 Å². The Labute approximate surface area is 136 Å². The summed E-state index contributed by atoms with van der Waals surface area (Å²) in [4.78, 5) is 24.2. The summed E-state index contributed by atoms with van der Waals surface area (Å²) in [5.74, 6) is 0.421. The molecule has 1 aliphatic heterocycles. The summed E-state index contributed by atoms with van der Waals surface area (Å²) in [6, 6.07) is 7.70. The molecule has 6 atom stereocenters. The fourth-order valence-electron chi connectivity index (χ4n) is 4.48. The Balaban J connectivity index is 1.46. The average molecular weight is 314 g/mol. The van der Waals surface area contributed by atoms with Crippen molar-refractivity contribution in [1.82, 2.24) is 0 Å². The van der Waals surface area contributed by atoms with Gasteiger partial charge in [0, 0.05) is 11.8 Å². The summed E-state index contributed by atoms with van der Waals surface area (Å²) in [6.07, 6.45) is 2.55. The highest BCUT2D eigenvalue weighted by Crippen LogP contribution is 2.55. The molecule has 2 saturated carbocycles. The molecule has 122 valence electrons. The van der Waals surface area contributed by atoms with E-state index in [4.69, 9.17) is 9.47 Å². The monoisotopic (exact) mass is 314 g/mol. The molecule has 2 aliphatic carbocycles. The quantitative estimate of drug-likeness (QED) is 0.800. The van der Waals surface area contributed by atoms with E-state index in [0.717, 1.165) is 19.3 Å². The number of carbonyl (C=O) groups is 2. The van der Waals surface area contributed by atoms with Crippen molar-refractivity contribution < 1.29 is 19.1 Å². The lowest BCUT2D eigenvalue weighted by atomic mass is 9.90. The Morgan fingerprint density at radius 1 is 1.30 bits per heavy atom. The van der Waals surface area contributed by atoms with Crippen molar-refractivity contribution in [2.75, 3.05) is 0 Å². The largest absolute Gasteiger partial charge is 0.462 e. The molecule has 3 aliphatic rings. The van der Waals surface area contributed by atoms with Crippen LogP contribution in [0.25, 0.3) is 0 Å². The van der Waals surface area contributed by atoms with Gasteiger partial charge in [-0.1, -0.05) is 26.0 Å². The number of ether oxygens (including phenoxy) is 2. The van der Waals surface area contributed by atoms with Gasteiger partial charge in [0.2, 0.25) is 0 Å². The van der Waals surface area contributed by atoms with Crippen LogP contribution in [0.15, 0.2) is 24.3 Å². The normalized spacial score (nSPS) is 35.2. The van der Waals surface area contributed by atoms with E-state index >= 15 is 0 Å². The third-order valence-corrected chi connectivity index (χ3v) is 5.97. The van der Waals surface area contributed by atoms with Gasteiger partial charge in [0.05, 0.1) is 11.5 Å². The van der Waals surface area contributed by atoms with Gasteiger partial charge in [-0.2, -0.15) is 0 Å². The van der Waals surface area contributed by atoms with Crippen molar-refractivity contribution in [2.45, 2.75) is 51.2 Å². The second-order valence-electron chi connectivity index (χ2n) is 7.19. The van der Waals surface area contributed by atoms with Crippen LogP contribution in [0.2, 0.25) is 0 Å². The Morgan fingerprint density at radius 3 is 2.70 bits per heavy atom. The minimum atomic E-state index is -0.281. The van der Waals surface area contributed by atoms with Crippen LogP contribution >= 0.6 is 0 Å². The first kappa shape index (κ1) is 14.7. The molecule has 4 heteroatoms. The second-order valence-corrected chi connectivity index (χ2v) is 7.19. The molecule has 1 aromatic carbocycles. The molecule has 1 aromatic rings. The minimum Gasteiger partial charge on any atom is -0.462 e. The van der Waals surface area contributed by atoms with E-state index in [-0.39, 0.29) is 41.9 Å². The minimum absolute atomic E-state index is 0.0307. The molecule has 0 amide bonds. The van der Waals surface area contributed by atoms with Crippen molar-refractivity contribution in [3.63, 3.8) is 0 Å². The van der Waals surface area contributed by atoms with E-state index in [9.17, 15) is 9.59 Å². The second kappa shape index (κ2) is 5.36. The van der Waals surface area contributed by atoms with Crippen LogP contribution in [0.4, 0.5) is 0 Å². The molecule has 4 nitrogen and oxygen atoms in total. The highest BCUT2D eigenvalue weighted by molar-refractivity contribution is 5.89. The molecule has 4 rings (SSSR count). The van der Waals surface area contributed by atoms with Crippen molar-refractivity contribution in [3.05, 3.63) is 35.4 Å². The zero-order valence-corrected chi connectivity index (χ0v) is 13.5. The number of hydrogen-bond acceptors (Lipinski definition) is 4. The highest BCUT2D eigenvalue weighted by Gasteiger charge is 2.63. The van der Waals surface area contributed by atoms with Crippen LogP contribution in [0.1, 0.15) is 54.9 Å². The Bertz CT molecular complexity index is 635. The molecular formula is C19H22O4. The van der Waals surface area contributed by atoms with Crippen LogP contribution in [0.3, 0.4) is 0 Å². The van der Waals surface area contributed by atoms with Crippen molar-refractivity contribution in [2.24, 2.45) is 17.8 Å². The molecule has 0 N–H and O–H groups in total. The van der Waals surface area contributed by atoms with Gasteiger partial charge in [-0.25, -0.2) is 4.79 Å². The first-order valence-electron chi connectivity index (χ1n) is 8.60. The maximum Gasteiger partial charge on any atom is 0.338 e. The number of rotatable bonds is 4. The molecule has 6 unspecified atom stereocenters. The number of benzene rings is 1. The molecule has 0 spiro atoms. The molecule has 1 heterocycles. The molecular weight excluding hydrogens is 292 g/mol. The molecule has 3 fully saturated rings. The van der Waals surface area contributed by atoms with E-state index < -0.39 is 0 Å². The zero-order chi connectivity index (χ0) is 16.1. The number of esters is 2. The van der Waals surface area contributed by atoms with Gasteiger partial charge >= 0.3 is 11.9 Å². The predicted octanol–water partition coefficient (Wildman–Crippen LogP) is 3.31. The Kier molecular flexibility index (Phi) is 3.43. The zero-order valence-electron chi connectivity index (χ0n) is 13.5. The topological polar surface area (TPSA) is 52.6 Å². The van der Waals surface area contributed by atoms with E-state index in [1.54, 1.807) is 0 Å². The molecule has 0 radical (unpaired) electrons. The van der Waals surface area contributed by atoms with E-state index in [1.807, 2.05) is 24.3 Å². The maximum atomic E-state index is 12.4. The van der Waals surface area contributed by atoms with Crippen LogP contribution in [-0.2, 0) is 14.3 Å². The molecule has 23 heavy (non-hydrogen) atoms. The van der Waals surface area contributed by atoms with E-state index in [1.165, 1.54) is 5.56 Å². The van der Waals surface area contributed by atoms with Gasteiger partial charge in [0.15, 0.2) is 0 Å². The summed E-state index contributed by atoms with van der Waals surface area (Å²) < 4.78 is 11.1. The lowest BCUT2D eigenvalue weighted by Crippen LogP contribution is -2.26. The van der Waals surface area contributed by atoms with Gasteiger partial charge in [-0.15, -0.1) is 0 Å².